The largest absolute Gasteiger partial charge is 0.334 e. The highest BCUT2D eigenvalue weighted by molar-refractivity contribution is 7.89. The number of piperidine rings is 1. The van der Waals surface area contributed by atoms with Crippen molar-refractivity contribution in [3.63, 3.8) is 0 Å². The fraction of sp³-hybridized carbons (Fsp3) is 0.769. The molecule has 0 saturated carbocycles. The van der Waals surface area contributed by atoms with E-state index in [1.165, 1.54) is 4.31 Å². The third kappa shape index (κ3) is 2.62. The molecule has 2 N–H and O–H groups in total. The van der Waals surface area contributed by atoms with E-state index < -0.39 is 10.0 Å². The highest BCUT2D eigenvalue weighted by Gasteiger charge is 2.39. The van der Waals surface area contributed by atoms with Gasteiger partial charge in [-0.2, -0.15) is 4.31 Å². The number of imidazole rings is 1. The summed E-state index contributed by atoms with van der Waals surface area (Å²) < 4.78 is 28.7. The molecule has 0 aromatic carbocycles. The summed E-state index contributed by atoms with van der Waals surface area (Å²) in [6, 6.07) is 0.0314. The highest BCUT2D eigenvalue weighted by atomic mass is 32.2. The van der Waals surface area contributed by atoms with Gasteiger partial charge in [0.2, 0.25) is 0 Å². The molecule has 0 amide bonds. The molecule has 2 heterocycles. The standard InChI is InChI=1S/C13H24N4O2S/c1-5-16-8-12(15-10(16)2)20(18,19)17-7-6-11(14)13(3,4)9-17/h8,11H,5-7,9,14H2,1-4H3. The van der Waals surface area contributed by atoms with E-state index in [9.17, 15) is 8.42 Å². The van der Waals surface area contributed by atoms with E-state index >= 15 is 0 Å². The average molecular weight is 300 g/mol. The van der Waals surface area contributed by atoms with Gasteiger partial charge in [0.15, 0.2) is 5.03 Å². The maximum Gasteiger partial charge on any atom is 0.262 e. The summed E-state index contributed by atoms with van der Waals surface area (Å²) in [6.45, 7) is 9.42. The van der Waals surface area contributed by atoms with E-state index in [1.807, 2.05) is 32.3 Å². The average Bonchev–Trinajstić information content (AvgIpc) is 2.74. The lowest BCUT2D eigenvalue weighted by Crippen LogP contribution is -2.53. The maximum absolute atomic E-state index is 12.7. The van der Waals surface area contributed by atoms with E-state index in [-0.39, 0.29) is 16.5 Å². The molecule has 1 aliphatic rings. The smallest absolute Gasteiger partial charge is 0.262 e. The molecule has 1 atom stereocenters. The van der Waals surface area contributed by atoms with E-state index in [2.05, 4.69) is 4.98 Å². The molecule has 1 unspecified atom stereocenters. The van der Waals surface area contributed by atoms with Gasteiger partial charge in [-0.15, -0.1) is 0 Å². The normalized spacial score (nSPS) is 23.9. The van der Waals surface area contributed by atoms with E-state index in [0.29, 0.717) is 26.1 Å². The number of aromatic nitrogens is 2. The number of aryl methyl sites for hydroxylation is 2. The number of hydrogen-bond donors (Lipinski definition) is 1. The molecule has 1 aliphatic heterocycles. The molecule has 20 heavy (non-hydrogen) atoms. The second-order valence-electron chi connectivity index (χ2n) is 6.13. The number of nitrogens with zero attached hydrogens (tertiary/aromatic N) is 3. The fourth-order valence-electron chi connectivity index (χ4n) is 2.59. The van der Waals surface area contributed by atoms with Crippen LogP contribution in [0.15, 0.2) is 11.2 Å². The first-order valence-corrected chi connectivity index (χ1v) is 8.42. The highest BCUT2D eigenvalue weighted by Crippen LogP contribution is 2.31. The topological polar surface area (TPSA) is 81.2 Å². The molecule has 1 aromatic heterocycles. The summed E-state index contributed by atoms with van der Waals surface area (Å²) in [5, 5.41) is 0.142. The molecule has 6 nitrogen and oxygen atoms in total. The Balaban J connectivity index is 2.31. The molecule has 114 valence electrons. The van der Waals surface area contributed by atoms with Gasteiger partial charge in [0.05, 0.1) is 0 Å². The monoisotopic (exact) mass is 300 g/mol. The summed E-state index contributed by atoms with van der Waals surface area (Å²) in [4.78, 5) is 4.20. The minimum Gasteiger partial charge on any atom is -0.334 e. The van der Waals surface area contributed by atoms with Gasteiger partial charge >= 0.3 is 0 Å². The number of hydrogen-bond acceptors (Lipinski definition) is 4. The lowest BCUT2D eigenvalue weighted by Gasteiger charge is -2.41. The van der Waals surface area contributed by atoms with Crippen molar-refractivity contribution in [3.8, 4) is 0 Å². The Hall–Kier alpha value is -0.920. The van der Waals surface area contributed by atoms with Crippen LogP contribution < -0.4 is 5.73 Å². The van der Waals surface area contributed by atoms with Crippen LogP contribution >= 0.6 is 0 Å². The van der Waals surface area contributed by atoms with Crippen molar-refractivity contribution in [2.75, 3.05) is 13.1 Å². The first-order valence-electron chi connectivity index (χ1n) is 6.98. The first-order chi connectivity index (χ1) is 9.18. The van der Waals surface area contributed by atoms with Crippen LogP contribution in [0.5, 0.6) is 0 Å². The Morgan fingerprint density at radius 1 is 1.50 bits per heavy atom. The van der Waals surface area contributed by atoms with Crippen LogP contribution in [0.2, 0.25) is 0 Å². The summed E-state index contributed by atoms with van der Waals surface area (Å²) in [7, 11) is -3.52. The zero-order valence-electron chi connectivity index (χ0n) is 12.6. The van der Waals surface area contributed by atoms with Crippen LogP contribution in [-0.4, -0.2) is 41.4 Å². The van der Waals surface area contributed by atoms with Gasteiger partial charge in [-0.05, 0) is 25.7 Å². The van der Waals surface area contributed by atoms with E-state index in [4.69, 9.17) is 5.73 Å². The van der Waals surface area contributed by atoms with Crippen molar-refractivity contribution in [2.45, 2.75) is 51.7 Å². The van der Waals surface area contributed by atoms with Gasteiger partial charge in [-0.3, -0.25) is 0 Å². The SMILES string of the molecule is CCn1cc(S(=O)(=O)N2CCC(N)C(C)(C)C2)nc1C. The molecule has 0 spiro atoms. The third-order valence-corrected chi connectivity index (χ3v) is 5.89. The third-order valence-electron chi connectivity index (χ3n) is 4.18. The molecule has 1 saturated heterocycles. The Kier molecular flexibility index (Phi) is 3.96. The van der Waals surface area contributed by atoms with Gasteiger partial charge in [0.25, 0.3) is 10.0 Å². The Labute approximate surface area is 121 Å². The number of sulfonamides is 1. The van der Waals surface area contributed by atoms with Crippen molar-refractivity contribution < 1.29 is 8.42 Å². The van der Waals surface area contributed by atoms with E-state index in [1.54, 1.807) is 6.20 Å². The summed E-state index contributed by atoms with van der Waals surface area (Å²) in [5.41, 5.74) is 5.85. The quantitative estimate of drug-likeness (QED) is 0.901. The van der Waals surface area contributed by atoms with Crippen molar-refractivity contribution >= 4 is 10.0 Å². The van der Waals surface area contributed by atoms with Gasteiger partial charge in [0, 0.05) is 31.9 Å². The van der Waals surface area contributed by atoms with Gasteiger partial charge in [-0.1, -0.05) is 13.8 Å². The molecule has 0 aliphatic carbocycles. The zero-order valence-corrected chi connectivity index (χ0v) is 13.4. The second kappa shape index (κ2) is 5.13. The summed E-state index contributed by atoms with van der Waals surface area (Å²) in [5.74, 6) is 0.721. The first kappa shape index (κ1) is 15.5. The Morgan fingerprint density at radius 2 is 2.15 bits per heavy atom. The molecular weight excluding hydrogens is 276 g/mol. The molecular formula is C13H24N4O2S. The second-order valence-corrected chi connectivity index (χ2v) is 8.02. The van der Waals surface area contributed by atoms with Crippen molar-refractivity contribution in [2.24, 2.45) is 11.1 Å². The lowest BCUT2D eigenvalue weighted by atomic mass is 9.81. The van der Waals surface area contributed by atoms with Crippen molar-refractivity contribution in [1.29, 1.82) is 0 Å². The van der Waals surface area contributed by atoms with Crippen LogP contribution in [0.1, 0.15) is 33.0 Å². The molecule has 1 aromatic rings. The molecule has 7 heteroatoms. The van der Waals surface area contributed by atoms with Crippen LogP contribution in [0, 0.1) is 12.3 Å². The molecule has 0 bridgehead atoms. The van der Waals surface area contributed by atoms with Crippen molar-refractivity contribution in [3.05, 3.63) is 12.0 Å². The van der Waals surface area contributed by atoms with Gasteiger partial charge < -0.3 is 10.3 Å². The van der Waals surface area contributed by atoms with Crippen LogP contribution in [-0.2, 0) is 16.6 Å². The van der Waals surface area contributed by atoms with Crippen molar-refractivity contribution in [1.82, 2.24) is 13.9 Å². The molecule has 0 radical (unpaired) electrons. The lowest BCUT2D eigenvalue weighted by molar-refractivity contribution is 0.155. The summed E-state index contributed by atoms with van der Waals surface area (Å²) in [6.07, 6.45) is 2.30. The predicted molar refractivity (Wildman–Crippen MR) is 77.8 cm³/mol. The summed E-state index contributed by atoms with van der Waals surface area (Å²) >= 11 is 0. The Bertz CT molecular complexity index is 592. The van der Waals surface area contributed by atoms with Gasteiger partial charge in [-0.25, -0.2) is 13.4 Å². The zero-order chi connectivity index (χ0) is 15.1. The van der Waals surface area contributed by atoms with Crippen LogP contribution in [0.25, 0.3) is 0 Å². The molecule has 1 fully saturated rings. The van der Waals surface area contributed by atoms with Crippen LogP contribution in [0.4, 0.5) is 0 Å². The Morgan fingerprint density at radius 3 is 2.65 bits per heavy atom. The van der Waals surface area contributed by atoms with E-state index in [0.717, 1.165) is 5.82 Å². The minimum absolute atomic E-state index is 0.0314. The minimum atomic E-state index is -3.52. The number of nitrogens with two attached hydrogens (primary N) is 1. The van der Waals surface area contributed by atoms with Gasteiger partial charge in [0.1, 0.15) is 5.82 Å². The van der Waals surface area contributed by atoms with Crippen LogP contribution in [0.3, 0.4) is 0 Å². The predicted octanol–water partition coefficient (Wildman–Crippen LogP) is 0.959. The molecule has 2 rings (SSSR count). The fourth-order valence-corrected chi connectivity index (χ4v) is 4.21. The number of rotatable bonds is 3. The maximum atomic E-state index is 12.7.